The van der Waals surface area contributed by atoms with E-state index in [2.05, 4.69) is 0 Å². The van der Waals surface area contributed by atoms with Crippen LogP contribution in [0.5, 0.6) is 0 Å². The molecule has 1 rings (SSSR count). The van der Waals surface area contributed by atoms with Crippen molar-refractivity contribution in [2.75, 3.05) is 0 Å². The van der Waals surface area contributed by atoms with Crippen molar-refractivity contribution in [1.82, 2.24) is 0 Å². The van der Waals surface area contributed by atoms with E-state index in [9.17, 15) is 18.3 Å². The molecule has 0 saturated heterocycles. The van der Waals surface area contributed by atoms with Gasteiger partial charge < -0.3 is 5.11 Å². The van der Waals surface area contributed by atoms with Gasteiger partial charge in [-0.2, -0.15) is 0 Å². The van der Waals surface area contributed by atoms with E-state index in [1.165, 1.54) is 0 Å². The average Bonchev–Trinajstić information content (AvgIpc) is 2.07. The Labute approximate surface area is 86.5 Å². The molecule has 4 heteroatoms. The third kappa shape index (κ3) is 3.55. The van der Waals surface area contributed by atoms with Crippen molar-refractivity contribution < 1.29 is 18.3 Å². The van der Waals surface area contributed by atoms with Crippen LogP contribution in [0.1, 0.15) is 25.8 Å². The number of halogens is 3. The van der Waals surface area contributed by atoms with Crippen molar-refractivity contribution in [2.24, 2.45) is 0 Å². The Bertz CT molecular complexity index is 356. The Morgan fingerprint density at radius 2 is 1.60 bits per heavy atom. The molecule has 0 atom stereocenters. The monoisotopic (exact) mass is 218 g/mol. The normalized spacial score (nSPS) is 11.9. The number of hydrogen-bond acceptors (Lipinski definition) is 1. The molecule has 1 N–H and O–H groups in total. The maximum atomic E-state index is 13.1. The lowest BCUT2D eigenvalue weighted by Gasteiger charge is -2.16. The highest BCUT2D eigenvalue weighted by molar-refractivity contribution is 5.20. The topological polar surface area (TPSA) is 20.2 Å². The molecule has 0 saturated carbocycles. The van der Waals surface area contributed by atoms with Crippen molar-refractivity contribution in [2.45, 2.75) is 32.3 Å². The van der Waals surface area contributed by atoms with Gasteiger partial charge in [0.25, 0.3) is 0 Å². The van der Waals surface area contributed by atoms with E-state index in [0.29, 0.717) is 6.07 Å². The van der Waals surface area contributed by atoms with E-state index in [0.717, 1.165) is 6.07 Å². The van der Waals surface area contributed by atoms with Crippen molar-refractivity contribution in [3.8, 4) is 0 Å². The third-order valence-corrected chi connectivity index (χ3v) is 2.10. The van der Waals surface area contributed by atoms with Crippen LogP contribution in [0.2, 0.25) is 0 Å². The van der Waals surface area contributed by atoms with Gasteiger partial charge in [-0.1, -0.05) is 0 Å². The molecule has 0 amide bonds. The van der Waals surface area contributed by atoms with Crippen LogP contribution in [0.25, 0.3) is 0 Å². The van der Waals surface area contributed by atoms with Crippen LogP contribution in [0.3, 0.4) is 0 Å². The largest absolute Gasteiger partial charge is 0.390 e. The molecular formula is C11H13F3O. The number of aryl methyl sites for hydroxylation is 1. The predicted octanol–water partition coefficient (Wildman–Crippen LogP) is 2.81. The van der Waals surface area contributed by atoms with Gasteiger partial charge in [-0.25, -0.2) is 13.2 Å². The summed E-state index contributed by atoms with van der Waals surface area (Å²) in [4.78, 5) is 0. The highest BCUT2D eigenvalue weighted by atomic mass is 19.2. The first-order valence-corrected chi connectivity index (χ1v) is 4.65. The van der Waals surface area contributed by atoms with E-state index in [1.807, 2.05) is 0 Å². The molecule has 0 aliphatic rings. The molecule has 0 spiro atoms. The van der Waals surface area contributed by atoms with E-state index in [-0.39, 0.29) is 18.4 Å². The second kappa shape index (κ2) is 4.23. The summed E-state index contributed by atoms with van der Waals surface area (Å²) in [6.07, 6.45) is 0.460. The van der Waals surface area contributed by atoms with Crippen LogP contribution in [0.15, 0.2) is 12.1 Å². The van der Waals surface area contributed by atoms with Gasteiger partial charge in [-0.05, 0) is 38.3 Å². The summed E-state index contributed by atoms with van der Waals surface area (Å²) in [5.41, 5.74) is -0.867. The highest BCUT2D eigenvalue weighted by Gasteiger charge is 2.15. The van der Waals surface area contributed by atoms with Crippen molar-refractivity contribution >= 4 is 0 Å². The Morgan fingerprint density at radius 1 is 1.07 bits per heavy atom. The summed E-state index contributed by atoms with van der Waals surface area (Å²) >= 11 is 0. The molecule has 0 aliphatic carbocycles. The zero-order valence-electron chi connectivity index (χ0n) is 8.65. The molecule has 0 aliphatic heterocycles. The number of aliphatic hydroxyl groups is 1. The maximum Gasteiger partial charge on any atom is 0.161 e. The standard InChI is InChI=1S/C11H13F3O/c1-11(2,15)4-3-7-5-9(13)10(14)6-8(7)12/h5-6,15H,3-4H2,1-2H3. The third-order valence-electron chi connectivity index (χ3n) is 2.10. The molecule has 0 radical (unpaired) electrons. The van der Waals surface area contributed by atoms with Gasteiger partial charge >= 0.3 is 0 Å². The minimum atomic E-state index is -1.19. The zero-order chi connectivity index (χ0) is 11.6. The molecule has 15 heavy (non-hydrogen) atoms. The molecule has 0 aromatic heterocycles. The van der Waals surface area contributed by atoms with Crippen LogP contribution in [0.4, 0.5) is 13.2 Å². The van der Waals surface area contributed by atoms with Gasteiger partial charge in [0.1, 0.15) is 5.82 Å². The van der Waals surface area contributed by atoms with Crippen LogP contribution >= 0.6 is 0 Å². The molecule has 0 unspecified atom stereocenters. The minimum Gasteiger partial charge on any atom is -0.390 e. The molecule has 0 heterocycles. The first kappa shape index (κ1) is 12.0. The van der Waals surface area contributed by atoms with Crippen molar-refractivity contribution in [1.29, 1.82) is 0 Å². The smallest absolute Gasteiger partial charge is 0.161 e. The Morgan fingerprint density at radius 3 is 2.13 bits per heavy atom. The average molecular weight is 218 g/mol. The molecule has 1 aromatic carbocycles. The van der Waals surface area contributed by atoms with Gasteiger partial charge in [-0.15, -0.1) is 0 Å². The van der Waals surface area contributed by atoms with Crippen LogP contribution in [0, 0.1) is 17.5 Å². The SMILES string of the molecule is CC(C)(O)CCc1cc(F)c(F)cc1F. The molecule has 1 aromatic rings. The first-order chi connectivity index (χ1) is 6.79. The summed E-state index contributed by atoms with van der Waals surface area (Å²) in [6.45, 7) is 3.15. The summed E-state index contributed by atoms with van der Waals surface area (Å²) in [5.74, 6) is -3.04. The predicted molar refractivity (Wildman–Crippen MR) is 50.9 cm³/mol. The Kier molecular flexibility index (Phi) is 3.39. The highest BCUT2D eigenvalue weighted by Crippen LogP contribution is 2.18. The van der Waals surface area contributed by atoms with E-state index in [4.69, 9.17) is 0 Å². The summed E-state index contributed by atoms with van der Waals surface area (Å²) in [7, 11) is 0. The van der Waals surface area contributed by atoms with Crippen LogP contribution in [-0.4, -0.2) is 10.7 Å². The van der Waals surface area contributed by atoms with Crippen molar-refractivity contribution in [3.63, 3.8) is 0 Å². The second-order valence-corrected chi connectivity index (χ2v) is 4.17. The van der Waals surface area contributed by atoms with Gasteiger partial charge in [0.2, 0.25) is 0 Å². The van der Waals surface area contributed by atoms with E-state index in [1.54, 1.807) is 13.8 Å². The van der Waals surface area contributed by atoms with Gasteiger partial charge in [0.15, 0.2) is 11.6 Å². The summed E-state index contributed by atoms with van der Waals surface area (Å²) in [5, 5.41) is 9.40. The lowest BCUT2D eigenvalue weighted by molar-refractivity contribution is 0.0711. The fourth-order valence-corrected chi connectivity index (χ4v) is 1.20. The quantitative estimate of drug-likeness (QED) is 0.773. The van der Waals surface area contributed by atoms with E-state index >= 15 is 0 Å². The van der Waals surface area contributed by atoms with Crippen LogP contribution < -0.4 is 0 Å². The molecular weight excluding hydrogens is 205 g/mol. The second-order valence-electron chi connectivity index (χ2n) is 4.17. The van der Waals surface area contributed by atoms with Crippen LogP contribution in [-0.2, 0) is 6.42 Å². The summed E-state index contributed by atoms with van der Waals surface area (Å²) < 4.78 is 38.5. The number of benzene rings is 1. The lowest BCUT2D eigenvalue weighted by Crippen LogP contribution is -2.19. The zero-order valence-corrected chi connectivity index (χ0v) is 8.65. The molecule has 0 fully saturated rings. The molecule has 0 bridgehead atoms. The maximum absolute atomic E-state index is 13.1. The molecule has 1 nitrogen and oxygen atoms in total. The first-order valence-electron chi connectivity index (χ1n) is 4.65. The van der Waals surface area contributed by atoms with Gasteiger partial charge in [0.05, 0.1) is 5.60 Å². The van der Waals surface area contributed by atoms with E-state index < -0.39 is 23.1 Å². The fraction of sp³-hybridized carbons (Fsp3) is 0.455. The molecule has 84 valence electrons. The Balaban J connectivity index is 2.82. The minimum absolute atomic E-state index is 0.0797. The Hall–Kier alpha value is -1.03. The van der Waals surface area contributed by atoms with Gasteiger partial charge in [0, 0.05) is 6.07 Å². The fourth-order valence-electron chi connectivity index (χ4n) is 1.20. The lowest BCUT2D eigenvalue weighted by atomic mass is 9.98. The number of hydrogen-bond donors (Lipinski definition) is 1. The number of rotatable bonds is 3. The van der Waals surface area contributed by atoms with Crippen molar-refractivity contribution in [3.05, 3.63) is 35.1 Å². The summed E-state index contributed by atoms with van der Waals surface area (Å²) in [6, 6.07) is 1.35. The van der Waals surface area contributed by atoms with Gasteiger partial charge in [-0.3, -0.25) is 0 Å².